The molecular weight excluding hydrogens is 246 g/mol. The number of pyridine rings is 1. The first kappa shape index (κ1) is 11.6. The summed E-state index contributed by atoms with van der Waals surface area (Å²) in [5.41, 5.74) is 1.84. The zero-order valence-corrected chi connectivity index (χ0v) is 10.00. The molecule has 6 nitrogen and oxygen atoms in total. The Morgan fingerprint density at radius 3 is 2.95 bits per heavy atom. The Labute approximate surface area is 108 Å². The molecule has 1 fully saturated rings. The Morgan fingerprint density at radius 1 is 1.37 bits per heavy atom. The van der Waals surface area contributed by atoms with Crippen molar-refractivity contribution < 1.29 is 14.4 Å². The van der Waals surface area contributed by atoms with Gasteiger partial charge in [-0.1, -0.05) is 6.07 Å². The average Bonchev–Trinajstić information content (AvgIpc) is 2.82. The van der Waals surface area contributed by atoms with Crippen LogP contribution >= 0.6 is 0 Å². The van der Waals surface area contributed by atoms with E-state index in [0.29, 0.717) is 29.6 Å². The van der Waals surface area contributed by atoms with Crippen molar-refractivity contribution >= 4 is 23.6 Å². The summed E-state index contributed by atoms with van der Waals surface area (Å²) in [7, 11) is 0. The van der Waals surface area contributed by atoms with Gasteiger partial charge in [0.2, 0.25) is 11.8 Å². The molecule has 2 aromatic rings. The van der Waals surface area contributed by atoms with Crippen molar-refractivity contribution in [1.82, 2.24) is 14.9 Å². The van der Waals surface area contributed by atoms with Crippen LogP contribution in [0.1, 0.15) is 34.8 Å². The second kappa shape index (κ2) is 4.31. The molecule has 0 saturated carbocycles. The van der Waals surface area contributed by atoms with Gasteiger partial charge in [0.05, 0.1) is 28.9 Å². The second-order valence-electron chi connectivity index (χ2n) is 4.47. The van der Waals surface area contributed by atoms with E-state index in [4.69, 9.17) is 0 Å². The number of piperidine rings is 1. The number of fused-ring (bicyclic) bond motifs is 1. The standard InChI is InChI=1S/C13H11N3O3/c17-7-8-6-14-16-10(8)2-1-3-11(16)9-4-5-12(18)15-13(9)19/h1-3,6-7,9H,4-5H2,(H,15,18,19). The van der Waals surface area contributed by atoms with Crippen molar-refractivity contribution in [2.75, 3.05) is 0 Å². The number of hydrogen-bond acceptors (Lipinski definition) is 4. The van der Waals surface area contributed by atoms with E-state index in [1.807, 2.05) is 0 Å². The highest BCUT2D eigenvalue weighted by atomic mass is 16.2. The summed E-state index contributed by atoms with van der Waals surface area (Å²) in [6, 6.07) is 5.34. The van der Waals surface area contributed by atoms with Crippen LogP contribution in [0.3, 0.4) is 0 Å². The summed E-state index contributed by atoms with van der Waals surface area (Å²) in [6.45, 7) is 0. The molecule has 1 atom stereocenters. The van der Waals surface area contributed by atoms with E-state index in [-0.39, 0.29) is 11.8 Å². The molecule has 0 aliphatic carbocycles. The van der Waals surface area contributed by atoms with Gasteiger partial charge in [-0.2, -0.15) is 5.10 Å². The molecule has 19 heavy (non-hydrogen) atoms. The third-order valence-corrected chi connectivity index (χ3v) is 3.33. The van der Waals surface area contributed by atoms with Crippen LogP contribution in [-0.4, -0.2) is 27.7 Å². The van der Waals surface area contributed by atoms with Crippen LogP contribution in [0.15, 0.2) is 24.4 Å². The molecule has 0 bridgehead atoms. The number of aldehydes is 1. The van der Waals surface area contributed by atoms with E-state index in [2.05, 4.69) is 10.4 Å². The predicted molar refractivity (Wildman–Crippen MR) is 65.7 cm³/mol. The fourth-order valence-corrected chi connectivity index (χ4v) is 2.38. The summed E-state index contributed by atoms with van der Waals surface area (Å²) < 4.78 is 1.59. The molecule has 2 aromatic heterocycles. The van der Waals surface area contributed by atoms with Gasteiger partial charge in [0, 0.05) is 6.42 Å². The Kier molecular flexibility index (Phi) is 2.63. The molecule has 1 unspecified atom stereocenters. The summed E-state index contributed by atoms with van der Waals surface area (Å²) in [6.07, 6.45) is 2.98. The third-order valence-electron chi connectivity index (χ3n) is 3.33. The first-order chi connectivity index (χ1) is 9.20. The van der Waals surface area contributed by atoms with Crippen LogP contribution < -0.4 is 5.32 Å². The Balaban J connectivity index is 2.10. The summed E-state index contributed by atoms with van der Waals surface area (Å²) in [5, 5.41) is 6.46. The van der Waals surface area contributed by atoms with E-state index < -0.39 is 5.92 Å². The minimum atomic E-state index is -0.416. The van der Waals surface area contributed by atoms with Crippen molar-refractivity contribution in [3.8, 4) is 0 Å². The summed E-state index contributed by atoms with van der Waals surface area (Å²) in [4.78, 5) is 33.9. The van der Waals surface area contributed by atoms with Gasteiger partial charge < -0.3 is 0 Å². The number of imide groups is 1. The molecule has 6 heteroatoms. The highest BCUT2D eigenvalue weighted by Crippen LogP contribution is 2.25. The lowest BCUT2D eigenvalue weighted by atomic mass is 9.94. The maximum Gasteiger partial charge on any atom is 0.235 e. The first-order valence-electron chi connectivity index (χ1n) is 5.96. The van der Waals surface area contributed by atoms with E-state index in [9.17, 15) is 14.4 Å². The van der Waals surface area contributed by atoms with Gasteiger partial charge >= 0.3 is 0 Å². The lowest BCUT2D eigenvalue weighted by Crippen LogP contribution is -2.40. The number of nitrogens with zero attached hydrogens (tertiary/aromatic N) is 2. The molecule has 96 valence electrons. The molecule has 1 N–H and O–H groups in total. The Morgan fingerprint density at radius 2 is 2.21 bits per heavy atom. The maximum atomic E-state index is 11.9. The number of amides is 2. The maximum absolute atomic E-state index is 11.9. The molecule has 3 heterocycles. The molecule has 0 aromatic carbocycles. The fraction of sp³-hybridized carbons (Fsp3) is 0.231. The number of rotatable bonds is 2. The van der Waals surface area contributed by atoms with Gasteiger partial charge in [-0.25, -0.2) is 4.52 Å². The Hall–Kier alpha value is -2.50. The lowest BCUT2D eigenvalue weighted by molar-refractivity contribution is -0.134. The average molecular weight is 257 g/mol. The summed E-state index contributed by atoms with van der Waals surface area (Å²) >= 11 is 0. The van der Waals surface area contributed by atoms with Crippen molar-refractivity contribution in [1.29, 1.82) is 0 Å². The van der Waals surface area contributed by atoms with Gasteiger partial charge in [0.1, 0.15) is 0 Å². The van der Waals surface area contributed by atoms with Crippen LogP contribution in [0.25, 0.3) is 5.52 Å². The van der Waals surface area contributed by atoms with Crippen LogP contribution in [0, 0.1) is 0 Å². The third kappa shape index (κ3) is 1.81. The number of carbonyl (C=O) groups excluding carboxylic acids is 3. The van der Waals surface area contributed by atoms with Crippen LogP contribution in [0.2, 0.25) is 0 Å². The zero-order chi connectivity index (χ0) is 13.4. The van der Waals surface area contributed by atoms with E-state index in [0.717, 1.165) is 6.29 Å². The smallest absolute Gasteiger partial charge is 0.235 e. The summed E-state index contributed by atoms with van der Waals surface area (Å²) in [5.74, 6) is -0.977. The molecule has 0 spiro atoms. The van der Waals surface area contributed by atoms with Crippen molar-refractivity contribution in [2.24, 2.45) is 0 Å². The highest BCUT2D eigenvalue weighted by Gasteiger charge is 2.29. The van der Waals surface area contributed by atoms with Crippen LogP contribution in [-0.2, 0) is 9.59 Å². The van der Waals surface area contributed by atoms with E-state index in [1.54, 1.807) is 22.7 Å². The Bertz CT molecular complexity index is 689. The van der Waals surface area contributed by atoms with Gasteiger partial charge in [-0.05, 0) is 18.6 Å². The quantitative estimate of drug-likeness (QED) is 0.633. The van der Waals surface area contributed by atoms with Gasteiger partial charge in [0.15, 0.2) is 6.29 Å². The monoisotopic (exact) mass is 257 g/mol. The highest BCUT2D eigenvalue weighted by molar-refractivity contribution is 6.00. The minimum absolute atomic E-state index is 0.248. The largest absolute Gasteiger partial charge is 0.298 e. The van der Waals surface area contributed by atoms with E-state index >= 15 is 0 Å². The van der Waals surface area contributed by atoms with Crippen LogP contribution in [0.4, 0.5) is 0 Å². The fourth-order valence-electron chi connectivity index (χ4n) is 2.38. The topological polar surface area (TPSA) is 80.5 Å². The lowest BCUT2D eigenvalue weighted by Gasteiger charge is -2.21. The number of nitrogens with one attached hydrogen (secondary N) is 1. The molecule has 1 aliphatic heterocycles. The molecule has 1 saturated heterocycles. The zero-order valence-electron chi connectivity index (χ0n) is 10.00. The van der Waals surface area contributed by atoms with Gasteiger partial charge in [0.25, 0.3) is 0 Å². The van der Waals surface area contributed by atoms with Gasteiger partial charge in [-0.3, -0.25) is 19.7 Å². The predicted octanol–water partition coefficient (Wildman–Crippen LogP) is 0.667. The van der Waals surface area contributed by atoms with Crippen molar-refractivity contribution in [3.05, 3.63) is 35.7 Å². The van der Waals surface area contributed by atoms with Crippen molar-refractivity contribution in [2.45, 2.75) is 18.8 Å². The van der Waals surface area contributed by atoms with E-state index in [1.165, 1.54) is 6.20 Å². The number of hydrogen-bond donors (Lipinski definition) is 1. The molecule has 0 radical (unpaired) electrons. The SMILES string of the molecule is O=Cc1cnn2c(C3CCC(=O)NC3=O)cccc12. The van der Waals surface area contributed by atoms with Gasteiger partial charge in [-0.15, -0.1) is 0 Å². The molecular formula is C13H11N3O3. The first-order valence-corrected chi connectivity index (χ1v) is 5.96. The molecule has 3 rings (SSSR count). The molecule has 2 amide bonds. The second-order valence-corrected chi connectivity index (χ2v) is 4.47. The minimum Gasteiger partial charge on any atom is -0.298 e. The van der Waals surface area contributed by atoms with Crippen molar-refractivity contribution in [3.63, 3.8) is 0 Å². The number of carbonyl (C=O) groups is 3. The van der Waals surface area contributed by atoms with Crippen LogP contribution in [0.5, 0.6) is 0 Å². The molecule has 1 aliphatic rings. The normalized spacial score (nSPS) is 19.5. The number of aromatic nitrogens is 2.